The molecule has 0 radical (unpaired) electrons. The number of anilines is 1. The second kappa shape index (κ2) is 12.2. The summed E-state index contributed by atoms with van der Waals surface area (Å²) in [6.45, 7) is 6.36. The fourth-order valence-electron chi connectivity index (χ4n) is 3.11. The molecule has 2 heterocycles. The van der Waals surface area contributed by atoms with Crippen LogP contribution in [-0.4, -0.2) is 50.7 Å². The van der Waals surface area contributed by atoms with Crippen molar-refractivity contribution < 1.29 is 19.1 Å². The first-order chi connectivity index (χ1) is 15.2. The van der Waals surface area contributed by atoms with Crippen molar-refractivity contribution >= 4 is 29.1 Å². The molecular weight excluding hydrogens is 416 g/mol. The lowest BCUT2D eigenvalue weighted by atomic mass is 10.1. The number of nitrogens with two attached hydrogens (primary N) is 2. The number of hydrogen-bond acceptors (Lipinski definition) is 9. The Kier molecular flexibility index (Phi) is 9.63. The number of nitrogens with zero attached hydrogens (tertiary/aromatic N) is 3. The van der Waals surface area contributed by atoms with Gasteiger partial charge in [-0.2, -0.15) is 4.98 Å². The van der Waals surface area contributed by atoms with Crippen LogP contribution in [0.1, 0.15) is 52.9 Å². The number of hydrogen-bond donors (Lipinski definition) is 3. The summed E-state index contributed by atoms with van der Waals surface area (Å²) in [5.41, 5.74) is 11.6. The van der Waals surface area contributed by atoms with E-state index in [1.807, 2.05) is 13.8 Å². The van der Waals surface area contributed by atoms with Gasteiger partial charge in [0.15, 0.2) is 11.2 Å². The van der Waals surface area contributed by atoms with E-state index in [9.17, 15) is 14.4 Å². The lowest BCUT2D eigenvalue weighted by molar-refractivity contribution is -0.149. The zero-order valence-electron chi connectivity index (χ0n) is 19.0. The third kappa shape index (κ3) is 7.33. The number of unbranched alkanes of at least 4 members (excludes halogenated alkanes) is 2. The van der Waals surface area contributed by atoms with Gasteiger partial charge in [0.05, 0.1) is 19.5 Å². The molecule has 11 nitrogen and oxygen atoms in total. The number of aromatic amines is 1. The predicted molar refractivity (Wildman–Crippen MR) is 120 cm³/mol. The van der Waals surface area contributed by atoms with Crippen LogP contribution < -0.4 is 17.0 Å². The number of rotatable bonds is 13. The Balaban J connectivity index is 2.05. The Labute approximate surface area is 186 Å². The quantitative estimate of drug-likeness (QED) is 0.301. The summed E-state index contributed by atoms with van der Waals surface area (Å²) in [7, 11) is 0. The summed E-state index contributed by atoms with van der Waals surface area (Å²) in [6, 6.07) is -0.693. The van der Waals surface area contributed by atoms with Crippen LogP contribution in [0.25, 0.3) is 11.2 Å². The molecule has 0 amide bonds. The zero-order chi connectivity index (χ0) is 23.7. The number of nitrogens with one attached hydrogen (secondary N) is 1. The Morgan fingerprint density at radius 2 is 2.00 bits per heavy atom. The predicted octanol–water partition coefficient (Wildman–Crippen LogP) is 1.36. The molecule has 0 unspecified atom stereocenters. The first-order valence-electron chi connectivity index (χ1n) is 11.0. The van der Waals surface area contributed by atoms with Crippen LogP contribution in [0.15, 0.2) is 11.1 Å². The van der Waals surface area contributed by atoms with E-state index in [-0.39, 0.29) is 42.5 Å². The van der Waals surface area contributed by atoms with Gasteiger partial charge in [-0.05, 0) is 18.8 Å². The molecule has 32 heavy (non-hydrogen) atoms. The van der Waals surface area contributed by atoms with E-state index in [1.54, 1.807) is 4.57 Å². The van der Waals surface area contributed by atoms with Crippen LogP contribution in [0.3, 0.4) is 0 Å². The molecule has 2 rings (SSSR count). The summed E-state index contributed by atoms with van der Waals surface area (Å²) in [5.74, 6) is -0.983. The largest absolute Gasteiger partial charge is 0.465 e. The molecule has 0 bridgehead atoms. The van der Waals surface area contributed by atoms with Gasteiger partial charge in [-0.1, -0.05) is 33.6 Å². The van der Waals surface area contributed by atoms with Crippen molar-refractivity contribution in [3.8, 4) is 0 Å². The number of nitrogen functional groups attached to an aromatic ring is 1. The van der Waals surface area contributed by atoms with Crippen molar-refractivity contribution in [2.24, 2.45) is 17.6 Å². The maximum absolute atomic E-state index is 12.1. The Hall–Kier alpha value is -2.95. The van der Waals surface area contributed by atoms with Gasteiger partial charge in [0.2, 0.25) is 5.95 Å². The molecular formula is C21H34N6O5. The molecule has 11 heteroatoms. The molecule has 178 valence electrons. The van der Waals surface area contributed by atoms with E-state index in [0.717, 1.165) is 19.3 Å². The van der Waals surface area contributed by atoms with Crippen molar-refractivity contribution in [1.82, 2.24) is 19.5 Å². The fraction of sp³-hybridized carbons (Fsp3) is 0.667. The van der Waals surface area contributed by atoms with Gasteiger partial charge in [-0.15, -0.1) is 0 Å². The monoisotopic (exact) mass is 450 g/mol. The maximum atomic E-state index is 12.1. The molecule has 0 aliphatic rings. The third-order valence-electron chi connectivity index (χ3n) is 5.17. The van der Waals surface area contributed by atoms with Crippen LogP contribution in [0.5, 0.6) is 0 Å². The van der Waals surface area contributed by atoms with Crippen LogP contribution in [0.2, 0.25) is 0 Å². The number of ether oxygens (including phenoxy) is 2. The molecule has 0 spiro atoms. The summed E-state index contributed by atoms with van der Waals surface area (Å²) in [4.78, 5) is 46.8. The highest BCUT2D eigenvalue weighted by atomic mass is 16.5. The number of carbonyl (C=O) groups is 2. The highest BCUT2D eigenvalue weighted by molar-refractivity contribution is 5.75. The van der Waals surface area contributed by atoms with Crippen molar-refractivity contribution in [1.29, 1.82) is 0 Å². The molecule has 0 aliphatic carbocycles. The molecule has 0 fully saturated rings. The first-order valence-corrected chi connectivity index (χ1v) is 11.0. The van der Waals surface area contributed by atoms with Crippen LogP contribution in [0.4, 0.5) is 5.95 Å². The first kappa shape index (κ1) is 25.3. The molecule has 0 saturated carbocycles. The average molecular weight is 451 g/mol. The zero-order valence-corrected chi connectivity index (χ0v) is 19.0. The topological polar surface area (TPSA) is 168 Å². The molecule has 0 saturated heterocycles. The lowest BCUT2D eigenvalue weighted by Gasteiger charge is -2.19. The highest BCUT2D eigenvalue weighted by Crippen LogP contribution is 2.15. The molecule has 0 aliphatic heterocycles. The van der Waals surface area contributed by atoms with Crippen molar-refractivity contribution in [3.63, 3.8) is 0 Å². The van der Waals surface area contributed by atoms with E-state index in [1.165, 1.54) is 6.33 Å². The number of H-pyrrole nitrogens is 1. The Bertz CT molecular complexity index is 954. The number of carbonyl (C=O) groups excluding carboxylic acids is 2. The van der Waals surface area contributed by atoms with Gasteiger partial charge < -0.3 is 25.5 Å². The van der Waals surface area contributed by atoms with Crippen molar-refractivity contribution in [2.75, 3.05) is 18.9 Å². The average Bonchev–Trinajstić information content (AvgIpc) is 3.14. The standard InChI is InChI=1S/C21H34N6O5/c1-4-5-6-7-15(28)32-11-14(8-9-31-20(30)16(22)13(2)3)10-27-12-24-17-18(27)25-21(23)26-19(17)29/h12-14,16H,4-11,22H2,1-3H3,(H3,23,25,26,29)/t14-,16+/m1/s1. The fourth-order valence-corrected chi connectivity index (χ4v) is 3.11. The van der Waals surface area contributed by atoms with Crippen LogP contribution >= 0.6 is 0 Å². The number of esters is 2. The SMILES string of the molecule is CCCCCC(=O)OC[C@H](CCOC(=O)[C@@H](N)C(C)C)Cn1cnc2c(=O)[nH]c(N)nc21. The van der Waals surface area contributed by atoms with Crippen molar-refractivity contribution in [2.45, 2.75) is 65.5 Å². The van der Waals surface area contributed by atoms with E-state index in [4.69, 9.17) is 20.9 Å². The van der Waals surface area contributed by atoms with Gasteiger partial charge in [0.1, 0.15) is 6.04 Å². The number of imidazole rings is 1. The number of aromatic nitrogens is 4. The van der Waals surface area contributed by atoms with Gasteiger partial charge in [-0.25, -0.2) is 4.98 Å². The van der Waals surface area contributed by atoms with Gasteiger partial charge in [0.25, 0.3) is 5.56 Å². The molecule has 0 aromatic carbocycles. The molecule has 2 aromatic heterocycles. The maximum Gasteiger partial charge on any atom is 0.323 e. The van der Waals surface area contributed by atoms with Gasteiger partial charge in [-0.3, -0.25) is 19.4 Å². The van der Waals surface area contributed by atoms with Gasteiger partial charge >= 0.3 is 11.9 Å². The summed E-state index contributed by atoms with van der Waals surface area (Å²) >= 11 is 0. The minimum absolute atomic E-state index is 0.0141. The summed E-state index contributed by atoms with van der Waals surface area (Å²) in [5, 5.41) is 0. The van der Waals surface area contributed by atoms with Crippen LogP contribution in [0, 0.1) is 11.8 Å². The Morgan fingerprint density at radius 1 is 1.25 bits per heavy atom. The minimum Gasteiger partial charge on any atom is -0.465 e. The summed E-state index contributed by atoms with van der Waals surface area (Å²) < 4.78 is 12.4. The summed E-state index contributed by atoms with van der Waals surface area (Å²) in [6.07, 6.45) is 5.04. The second-order valence-electron chi connectivity index (χ2n) is 8.25. The molecule has 2 aromatic rings. The molecule has 2 atom stereocenters. The Morgan fingerprint density at radius 3 is 2.69 bits per heavy atom. The van der Waals surface area contributed by atoms with E-state index < -0.39 is 17.6 Å². The smallest absolute Gasteiger partial charge is 0.323 e. The van der Waals surface area contributed by atoms with E-state index in [0.29, 0.717) is 25.0 Å². The van der Waals surface area contributed by atoms with E-state index in [2.05, 4.69) is 21.9 Å². The number of fused-ring (bicyclic) bond motifs is 1. The van der Waals surface area contributed by atoms with Gasteiger partial charge in [0, 0.05) is 18.9 Å². The highest BCUT2D eigenvalue weighted by Gasteiger charge is 2.21. The normalized spacial score (nSPS) is 13.3. The lowest BCUT2D eigenvalue weighted by Crippen LogP contribution is -2.37. The van der Waals surface area contributed by atoms with Crippen LogP contribution in [-0.2, 0) is 25.6 Å². The van der Waals surface area contributed by atoms with E-state index >= 15 is 0 Å². The second-order valence-corrected chi connectivity index (χ2v) is 8.25. The van der Waals surface area contributed by atoms with Crippen molar-refractivity contribution in [3.05, 3.63) is 16.7 Å². The third-order valence-corrected chi connectivity index (χ3v) is 5.17. The molecule has 5 N–H and O–H groups in total. The minimum atomic E-state index is -0.693.